The van der Waals surface area contributed by atoms with Crippen LogP contribution in [0.2, 0.25) is 0 Å². The fourth-order valence-corrected chi connectivity index (χ4v) is 2.91. The molecule has 2 nitrogen and oxygen atoms in total. The van der Waals surface area contributed by atoms with E-state index >= 15 is 0 Å². The molecule has 0 heterocycles. The summed E-state index contributed by atoms with van der Waals surface area (Å²) >= 11 is 0. The second-order valence-corrected chi connectivity index (χ2v) is 6.42. The van der Waals surface area contributed by atoms with Gasteiger partial charge in [-0.2, -0.15) is 0 Å². The molecule has 1 fully saturated rings. The van der Waals surface area contributed by atoms with E-state index < -0.39 is 0 Å². The molecule has 1 aliphatic carbocycles. The molecule has 3 unspecified atom stereocenters. The van der Waals surface area contributed by atoms with Crippen molar-refractivity contribution in [1.29, 1.82) is 0 Å². The highest BCUT2D eigenvalue weighted by Crippen LogP contribution is 2.30. The van der Waals surface area contributed by atoms with Crippen LogP contribution in [0.3, 0.4) is 0 Å². The van der Waals surface area contributed by atoms with Gasteiger partial charge < -0.3 is 10.1 Å². The van der Waals surface area contributed by atoms with Crippen LogP contribution >= 0.6 is 0 Å². The van der Waals surface area contributed by atoms with Gasteiger partial charge in [-0.05, 0) is 63.5 Å². The molecule has 0 amide bonds. The quantitative estimate of drug-likeness (QED) is 0.594. The van der Waals surface area contributed by atoms with Gasteiger partial charge >= 0.3 is 0 Å². The van der Waals surface area contributed by atoms with Crippen LogP contribution in [0.5, 0.6) is 0 Å². The highest BCUT2D eigenvalue weighted by Gasteiger charge is 2.24. The third-order valence-corrected chi connectivity index (χ3v) is 4.58. The van der Waals surface area contributed by atoms with Crippen molar-refractivity contribution in [3.05, 3.63) is 0 Å². The van der Waals surface area contributed by atoms with Crippen molar-refractivity contribution >= 4 is 0 Å². The monoisotopic (exact) mass is 269 g/mol. The highest BCUT2D eigenvalue weighted by molar-refractivity contribution is 4.75. The summed E-state index contributed by atoms with van der Waals surface area (Å²) in [6.07, 6.45) is 10.9. The fraction of sp³-hybridized carbons (Fsp3) is 1.00. The van der Waals surface area contributed by atoms with Crippen molar-refractivity contribution in [3.8, 4) is 0 Å². The molecule has 1 N–H and O–H groups in total. The molecule has 2 heteroatoms. The topological polar surface area (TPSA) is 21.3 Å². The molecule has 114 valence electrons. The number of unbranched alkanes of at least 4 members (excludes halogenated alkanes) is 3. The van der Waals surface area contributed by atoms with Crippen LogP contribution in [-0.4, -0.2) is 25.8 Å². The number of hydrogen-bond donors (Lipinski definition) is 1. The lowest BCUT2D eigenvalue weighted by Gasteiger charge is -2.32. The van der Waals surface area contributed by atoms with Crippen molar-refractivity contribution in [2.75, 3.05) is 19.7 Å². The van der Waals surface area contributed by atoms with Gasteiger partial charge in [0.05, 0.1) is 6.10 Å². The average molecular weight is 269 g/mol. The fourth-order valence-electron chi connectivity index (χ4n) is 2.91. The predicted molar refractivity (Wildman–Crippen MR) is 83.5 cm³/mol. The standard InChI is InChI=1S/C17H35NO/c1-4-11-18-12-7-5-6-8-13-19-17-10-9-15(2)16(3)14-17/h15-18H,4-14H2,1-3H3. The Balaban J connectivity index is 1.86. The first-order valence-corrected chi connectivity index (χ1v) is 8.56. The van der Waals surface area contributed by atoms with Crippen LogP contribution in [0, 0.1) is 11.8 Å². The summed E-state index contributed by atoms with van der Waals surface area (Å²) in [6.45, 7) is 10.3. The molecule has 0 aliphatic heterocycles. The van der Waals surface area contributed by atoms with Gasteiger partial charge in [-0.3, -0.25) is 0 Å². The normalized spacial score (nSPS) is 27.6. The summed E-state index contributed by atoms with van der Waals surface area (Å²) in [6, 6.07) is 0. The van der Waals surface area contributed by atoms with Crippen molar-refractivity contribution in [3.63, 3.8) is 0 Å². The Labute approximate surface area is 120 Å². The molecule has 0 radical (unpaired) electrons. The summed E-state index contributed by atoms with van der Waals surface area (Å²) in [4.78, 5) is 0. The lowest BCUT2D eigenvalue weighted by atomic mass is 9.80. The van der Waals surface area contributed by atoms with E-state index in [0.29, 0.717) is 6.10 Å². The molecular weight excluding hydrogens is 234 g/mol. The van der Waals surface area contributed by atoms with Gasteiger partial charge in [0.2, 0.25) is 0 Å². The molecular formula is C17H35NO. The van der Waals surface area contributed by atoms with Crippen LogP contribution in [-0.2, 0) is 4.74 Å². The molecule has 0 aromatic heterocycles. The van der Waals surface area contributed by atoms with E-state index in [2.05, 4.69) is 26.1 Å². The summed E-state index contributed by atoms with van der Waals surface area (Å²) in [7, 11) is 0. The van der Waals surface area contributed by atoms with Crippen LogP contribution in [0.25, 0.3) is 0 Å². The second kappa shape index (κ2) is 10.7. The third-order valence-electron chi connectivity index (χ3n) is 4.58. The number of hydrogen-bond acceptors (Lipinski definition) is 2. The minimum absolute atomic E-state index is 0.553. The van der Waals surface area contributed by atoms with Crippen LogP contribution < -0.4 is 5.32 Å². The van der Waals surface area contributed by atoms with E-state index in [4.69, 9.17) is 4.74 Å². The summed E-state index contributed by atoms with van der Waals surface area (Å²) < 4.78 is 6.03. The van der Waals surface area contributed by atoms with Crippen LogP contribution in [0.1, 0.15) is 72.1 Å². The minimum Gasteiger partial charge on any atom is -0.378 e. The molecule has 0 aromatic carbocycles. The van der Waals surface area contributed by atoms with Gasteiger partial charge in [-0.1, -0.05) is 33.6 Å². The van der Waals surface area contributed by atoms with E-state index in [9.17, 15) is 0 Å². The third kappa shape index (κ3) is 7.94. The highest BCUT2D eigenvalue weighted by atomic mass is 16.5. The maximum Gasteiger partial charge on any atom is 0.0577 e. The lowest BCUT2D eigenvalue weighted by Crippen LogP contribution is -2.27. The Morgan fingerprint density at radius 2 is 1.74 bits per heavy atom. The Bertz CT molecular complexity index is 207. The molecule has 0 aromatic rings. The Kier molecular flexibility index (Phi) is 9.54. The number of ether oxygens (including phenoxy) is 1. The minimum atomic E-state index is 0.553. The average Bonchev–Trinajstić information content (AvgIpc) is 2.41. The molecule has 1 saturated carbocycles. The molecule has 0 spiro atoms. The van der Waals surface area contributed by atoms with Gasteiger partial charge in [0, 0.05) is 6.61 Å². The maximum atomic E-state index is 6.03. The maximum absolute atomic E-state index is 6.03. The van der Waals surface area contributed by atoms with E-state index in [1.54, 1.807) is 0 Å². The van der Waals surface area contributed by atoms with E-state index in [1.807, 2.05) is 0 Å². The number of rotatable bonds is 10. The van der Waals surface area contributed by atoms with Gasteiger partial charge in [0.15, 0.2) is 0 Å². The Morgan fingerprint density at radius 3 is 2.47 bits per heavy atom. The number of nitrogens with one attached hydrogen (secondary N) is 1. The lowest BCUT2D eigenvalue weighted by molar-refractivity contribution is 0.00100. The molecule has 1 aliphatic rings. The first kappa shape index (κ1) is 17.0. The summed E-state index contributed by atoms with van der Waals surface area (Å²) in [5, 5.41) is 3.46. The smallest absolute Gasteiger partial charge is 0.0577 e. The zero-order valence-electron chi connectivity index (χ0n) is 13.4. The summed E-state index contributed by atoms with van der Waals surface area (Å²) in [5.41, 5.74) is 0. The second-order valence-electron chi connectivity index (χ2n) is 6.42. The molecule has 1 rings (SSSR count). The van der Waals surface area contributed by atoms with Crippen molar-refractivity contribution in [2.45, 2.75) is 78.2 Å². The predicted octanol–water partition coefficient (Wildman–Crippen LogP) is 4.39. The van der Waals surface area contributed by atoms with Crippen molar-refractivity contribution < 1.29 is 4.74 Å². The van der Waals surface area contributed by atoms with Crippen molar-refractivity contribution in [1.82, 2.24) is 5.32 Å². The van der Waals surface area contributed by atoms with Gasteiger partial charge in [-0.25, -0.2) is 0 Å². The van der Waals surface area contributed by atoms with Gasteiger partial charge in [0.25, 0.3) is 0 Å². The van der Waals surface area contributed by atoms with Crippen LogP contribution in [0.4, 0.5) is 0 Å². The largest absolute Gasteiger partial charge is 0.378 e. The van der Waals surface area contributed by atoms with Crippen LogP contribution in [0.15, 0.2) is 0 Å². The molecule has 0 bridgehead atoms. The zero-order chi connectivity index (χ0) is 13.9. The van der Waals surface area contributed by atoms with Gasteiger partial charge in [0.1, 0.15) is 0 Å². The Morgan fingerprint density at radius 1 is 0.947 bits per heavy atom. The first-order valence-electron chi connectivity index (χ1n) is 8.56. The zero-order valence-corrected chi connectivity index (χ0v) is 13.4. The molecule has 3 atom stereocenters. The van der Waals surface area contributed by atoms with E-state index in [-0.39, 0.29) is 0 Å². The van der Waals surface area contributed by atoms with Crippen molar-refractivity contribution in [2.24, 2.45) is 11.8 Å². The SMILES string of the molecule is CCCNCCCCCCOC1CCC(C)C(C)C1. The summed E-state index contributed by atoms with van der Waals surface area (Å²) in [5.74, 6) is 1.75. The molecule has 0 saturated heterocycles. The Hall–Kier alpha value is -0.0800. The van der Waals surface area contributed by atoms with E-state index in [0.717, 1.165) is 18.4 Å². The first-order chi connectivity index (χ1) is 9.24. The van der Waals surface area contributed by atoms with E-state index in [1.165, 1.54) is 64.5 Å². The van der Waals surface area contributed by atoms with Gasteiger partial charge in [-0.15, -0.1) is 0 Å². The molecule has 19 heavy (non-hydrogen) atoms.